The molecule has 0 aliphatic heterocycles. The van der Waals surface area contributed by atoms with Gasteiger partial charge >= 0.3 is 0 Å². The van der Waals surface area contributed by atoms with Gasteiger partial charge in [0.05, 0.1) is 22.2 Å². The molecule has 0 aliphatic rings. The number of nitrogens with one attached hydrogen (secondary N) is 1. The van der Waals surface area contributed by atoms with Gasteiger partial charge in [-0.1, -0.05) is 72.8 Å². The fraction of sp³-hybridized carbons (Fsp3) is 0.0417. The molecule has 0 amide bonds. The maximum Gasteiger partial charge on any atom is 0.202 e. The monoisotopic (exact) mass is 351 g/mol. The summed E-state index contributed by atoms with van der Waals surface area (Å²) in [6.07, 6.45) is 0.672. The van der Waals surface area contributed by atoms with Crippen molar-refractivity contribution in [2.24, 2.45) is 0 Å². The van der Waals surface area contributed by atoms with Crippen LogP contribution in [0.15, 0.2) is 94.1 Å². The Balaban J connectivity index is 1.84. The van der Waals surface area contributed by atoms with Crippen LogP contribution in [0.4, 0.5) is 0 Å². The van der Waals surface area contributed by atoms with Gasteiger partial charge in [-0.15, -0.1) is 0 Å². The Kier molecular flexibility index (Phi) is 3.65. The minimum absolute atomic E-state index is 0.00117. The maximum absolute atomic E-state index is 13.3. The van der Waals surface area contributed by atoms with Crippen LogP contribution in [0.1, 0.15) is 11.3 Å². The summed E-state index contributed by atoms with van der Waals surface area (Å²) in [7, 11) is 0. The van der Waals surface area contributed by atoms with Gasteiger partial charge in [-0.25, -0.2) is 0 Å². The maximum atomic E-state index is 13.3. The molecular weight excluding hydrogens is 334 g/mol. The van der Waals surface area contributed by atoms with Crippen LogP contribution < -0.4 is 5.43 Å². The zero-order valence-corrected chi connectivity index (χ0v) is 14.6. The van der Waals surface area contributed by atoms with E-state index < -0.39 is 0 Å². The van der Waals surface area contributed by atoms with Crippen LogP contribution >= 0.6 is 0 Å². The van der Waals surface area contributed by atoms with Crippen LogP contribution in [-0.2, 0) is 6.42 Å². The van der Waals surface area contributed by atoms with Gasteiger partial charge in [0.15, 0.2) is 5.58 Å². The average molecular weight is 351 g/mol. The number of hydrogen-bond donors (Lipinski definition) is 1. The van der Waals surface area contributed by atoms with Crippen molar-refractivity contribution in [3.05, 3.63) is 106 Å². The lowest BCUT2D eigenvalue weighted by atomic mass is 10.1. The van der Waals surface area contributed by atoms with Gasteiger partial charge in [-0.2, -0.15) is 0 Å². The highest BCUT2D eigenvalue weighted by Crippen LogP contribution is 2.32. The van der Waals surface area contributed by atoms with E-state index in [2.05, 4.69) is 17.1 Å². The van der Waals surface area contributed by atoms with E-state index in [1.165, 1.54) is 0 Å². The van der Waals surface area contributed by atoms with E-state index in [0.717, 1.165) is 22.5 Å². The van der Waals surface area contributed by atoms with E-state index in [4.69, 9.17) is 4.42 Å². The molecule has 3 nitrogen and oxygen atoms in total. The quantitative estimate of drug-likeness (QED) is 0.464. The standard InChI is InChI=1S/C24H17NO2/c26-23-18-13-7-8-14-20(18)27-24-19(15-16-9-3-1-4-10-16)25-22(21(23)24)17-11-5-2-6-12-17/h1-14,25H,15H2. The molecule has 0 spiro atoms. The third-order valence-electron chi connectivity index (χ3n) is 4.88. The number of para-hydroxylation sites is 1. The number of aromatic amines is 1. The summed E-state index contributed by atoms with van der Waals surface area (Å²) in [5.41, 5.74) is 5.12. The number of fused-ring (bicyclic) bond motifs is 2. The molecule has 2 heterocycles. The Bertz CT molecular complexity index is 1300. The van der Waals surface area contributed by atoms with Gasteiger partial charge in [0, 0.05) is 6.42 Å². The molecule has 0 radical (unpaired) electrons. The van der Waals surface area contributed by atoms with Crippen molar-refractivity contribution >= 4 is 21.9 Å². The summed E-state index contributed by atoms with van der Waals surface area (Å²) < 4.78 is 6.20. The number of H-pyrrole nitrogens is 1. The van der Waals surface area contributed by atoms with Crippen molar-refractivity contribution in [3.8, 4) is 11.3 Å². The molecule has 0 fully saturated rings. The highest BCUT2D eigenvalue weighted by Gasteiger charge is 2.19. The van der Waals surface area contributed by atoms with Crippen molar-refractivity contribution < 1.29 is 4.42 Å². The summed E-state index contributed by atoms with van der Waals surface area (Å²) >= 11 is 0. The molecule has 0 unspecified atom stereocenters. The summed E-state index contributed by atoms with van der Waals surface area (Å²) in [6.45, 7) is 0. The van der Waals surface area contributed by atoms with Crippen molar-refractivity contribution in [1.29, 1.82) is 0 Å². The van der Waals surface area contributed by atoms with Crippen molar-refractivity contribution in [2.45, 2.75) is 6.42 Å². The molecule has 5 aromatic rings. The largest absolute Gasteiger partial charge is 0.454 e. The fourth-order valence-electron chi connectivity index (χ4n) is 3.60. The zero-order valence-electron chi connectivity index (χ0n) is 14.6. The minimum Gasteiger partial charge on any atom is -0.454 e. The number of aromatic nitrogens is 1. The summed E-state index contributed by atoms with van der Waals surface area (Å²) in [5.74, 6) is 0. The van der Waals surface area contributed by atoms with Gasteiger partial charge in [0.25, 0.3) is 0 Å². The third-order valence-corrected chi connectivity index (χ3v) is 4.88. The average Bonchev–Trinajstić information content (AvgIpc) is 3.08. The van der Waals surface area contributed by atoms with E-state index in [9.17, 15) is 4.79 Å². The third kappa shape index (κ3) is 2.64. The SMILES string of the molecule is O=c1c2ccccc2oc2c(Cc3ccccc3)[nH]c(-c3ccccc3)c12. The smallest absolute Gasteiger partial charge is 0.202 e. The van der Waals surface area contributed by atoms with Gasteiger partial charge in [0.2, 0.25) is 5.43 Å². The van der Waals surface area contributed by atoms with E-state index in [-0.39, 0.29) is 5.43 Å². The van der Waals surface area contributed by atoms with Crippen LogP contribution in [0, 0.1) is 0 Å². The molecule has 3 heteroatoms. The summed E-state index contributed by atoms with van der Waals surface area (Å²) in [4.78, 5) is 16.7. The van der Waals surface area contributed by atoms with Crippen LogP contribution in [0.3, 0.4) is 0 Å². The first-order chi connectivity index (χ1) is 13.3. The number of hydrogen-bond acceptors (Lipinski definition) is 2. The second-order valence-corrected chi connectivity index (χ2v) is 6.64. The second-order valence-electron chi connectivity index (χ2n) is 6.64. The molecule has 0 saturated heterocycles. The van der Waals surface area contributed by atoms with Crippen LogP contribution in [-0.4, -0.2) is 4.98 Å². The molecule has 130 valence electrons. The Morgan fingerprint density at radius 3 is 2.22 bits per heavy atom. The summed E-state index contributed by atoms with van der Waals surface area (Å²) in [6, 6.07) is 27.5. The lowest BCUT2D eigenvalue weighted by molar-refractivity contribution is 0.655. The molecule has 27 heavy (non-hydrogen) atoms. The number of rotatable bonds is 3. The lowest BCUT2D eigenvalue weighted by Crippen LogP contribution is -2.02. The van der Waals surface area contributed by atoms with Gasteiger partial charge < -0.3 is 9.40 Å². The second kappa shape index (κ2) is 6.29. The molecule has 0 bridgehead atoms. The molecule has 2 aromatic heterocycles. The molecule has 0 saturated carbocycles. The Hall–Kier alpha value is -3.59. The van der Waals surface area contributed by atoms with Crippen LogP contribution in [0.5, 0.6) is 0 Å². The topological polar surface area (TPSA) is 46.0 Å². The number of benzene rings is 3. The fourth-order valence-corrected chi connectivity index (χ4v) is 3.60. The first-order valence-electron chi connectivity index (χ1n) is 8.97. The predicted molar refractivity (Wildman–Crippen MR) is 109 cm³/mol. The van der Waals surface area contributed by atoms with E-state index in [0.29, 0.717) is 28.4 Å². The normalized spacial score (nSPS) is 11.3. The Morgan fingerprint density at radius 2 is 1.44 bits per heavy atom. The Morgan fingerprint density at radius 1 is 0.778 bits per heavy atom. The van der Waals surface area contributed by atoms with Crippen LogP contribution in [0.2, 0.25) is 0 Å². The first kappa shape index (κ1) is 15.6. The lowest BCUT2D eigenvalue weighted by Gasteiger charge is -2.01. The highest BCUT2D eigenvalue weighted by molar-refractivity contribution is 5.99. The van der Waals surface area contributed by atoms with Gasteiger partial charge in [-0.05, 0) is 23.3 Å². The van der Waals surface area contributed by atoms with E-state index in [1.54, 1.807) is 0 Å². The van der Waals surface area contributed by atoms with Crippen molar-refractivity contribution in [1.82, 2.24) is 4.98 Å². The molecule has 3 aromatic carbocycles. The molecule has 0 aliphatic carbocycles. The van der Waals surface area contributed by atoms with Crippen molar-refractivity contribution in [3.63, 3.8) is 0 Å². The zero-order chi connectivity index (χ0) is 18.2. The van der Waals surface area contributed by atoms with Crippen LogP contribution in [0.25, 0.3) is 33.2 Å². The highest BCUT2D eigenvalue weighted by atomic mass is 16.3. The molecule has 0 atom stereocenters. The molecule has 1 N–H and O–H groups in total. The van der Waals surface area contributed by atoms with Gasteiger partial charge in [-0.3, -0.25) is 4.79 Å². The molecule has 5 rings (SSSR count). The summed E-state index contributed by atoms with van der Waals surface area (Å²) in [5, 5.41) is 1.22. The van der Waals surface area contributed by atoms with Crippen molar-refractivity contribution in [2.75, 3.05) is 0 Å². The van der Waals surface area contributed by atoms with E-state index >= 15 is 0 Å². The van der Waals surface area contributed by atoms with Gasteiger partial charge in [0.1, 0.15) is 5.58 Å². The Labute approximate surface area is 155 Å². The predicted octanol–water partition coefficient (Wildman–Crippen LogP) is 5.53. The molecular formula is C24H17NO2. The first-order valence-corrected chi connectivity index (χ1v) is 8.97. The minimum atomic E-state index is 0.00117. The van der Waals surface area contributed by atoms with E-state index in [1.807, 2.05) is 72.8 Å².